The minimum atomic E-state index is 0.538. The summed E-state index contributed by atoms with van der Waals surface area (Å²) in [5.41, 5.74) is 2.20. The van der Waals surface area contributed by atoms with Gasteiger partial charge in [-0.1, -0.05) is 20.3 Å². The van der Waals surface area contributed by atoms with Gasteiger partial charge in [0.25, 0.3) is 0 Å². The third kappa shape index (κ3) is 2.32. The van der Waals surface area contributed by atoms with E-state index in [1.165, 1.54) is 12.8 Å². The van der Waals surface area contributed by atoms with Gasteiger partial charge in [0.15, 0.2) is 0 Å². The Morgan fingerprint density at radius 2 is 2.19 bits per heavy atom. The Bertz CT molecular complexity index is 417. The first-order chi connectivity index (χ1) is 7.81. The molecule has 1 unspecified atom stereocenters. The fraction of sp³-hybridized carbons (Fsp3) is 0.357. The summed E-state index contributed by atoms with van der Waals surface area (Å²) in [5, 5.41) is 0. The molecule has 2 aromatic rings. The molecule has 0 saturated carbocycles. The molecule has 0 spiro atoms. The molecule has 0 N–H and O–H groups in total. The Balaban J connectivity index is 2.16. The minimum Gasteiger partial charge on any atom is -0.464 e. The fourth-order valence-electron chi connectivity index (χ4n) is 1.87. The molecule has 2 heterocycles. The molecular formula is C14H17NO. The van der Waals surface area contributed by atoms with Crippen LogP contribution in [-0.2, 0) is 0 Å². The molecule has 2 nitrogen and oxygen atoms in total. The zero-order valence-electron chi connectivity index (χ0n) is 9.81. The summed E-state index contributed by atoms with van der Waals surface area (Å²) in [6.07, 6.45) is 5.96. The first-order valence-electron chi connectivity index (χ1n) is 5.81. The average molecular weight is 215 g/mol. The van der Waals surface area contributed by atoms with E-state index in [0.29, 0.717) is 5.92 Å². The van der Waals surface area contributed by atoms with Crippen molar-refractivity contribution in [2.24, 2.45) is 0 Å². The van der Waals surface area contributed by atoms with Crippen molar-refractivity contribution >= 4 is 0 Å². The van der Waals surface area contributed by atoms with Gasteiger partial charge in [-0.25, -0.2) is 0 Å². The standard InChI is InChI=1S/C14H17NO/c1-3-5-11(2)13-8-7-12(10-15-13)14-6-4-9-16-14/h4,6-11H,3,5H2,1-2H3. The number of furan rings is 1. The Morgan fingerprint density at radius 1 is 1.31 bits per heavy atom. The second-order valence-corrected chi connectivity index (χ2v) is 4.14. The largest absolute Gasteiger partial charge is 0.464 e. The van der Waals surface area contributed by atoms with Crippen LogP contribution in [0.1, 0.15) is 38.3 Å². The van der Waals surface area contributed by atoms with E-state index in [9.17, 15) is 0 Å². The molecule has 2 heteroatoms. The van der Waals surface area contributed by atoms with Gasteiger partial charge in [0.05, 0.1) is 6.26 Å². The number of aromatic nitrogens is 1. The SMILES string of the molecule is CCCC(C)c1ccc(-c2ccco2)cn1. The van der Waals surface area contributed by atoms with Gasteiger partial charge >= 0.3 is 0 Å². The molecule has 0 bridgehead atoms. The van der Waals surface area contributed by atoms with Gasteiger partial charge in [-0.15, -0.1) is 0 Å². The summed E-state index contributed by atoms with van der Waals surface area (Å²) in [7, 11) is 0. The van der Waals surface area contributed by atoms with Gasteiger partial charge in [-0.05, 0) is 36.6 Å². The highest BCUT2D eigenvalue weighted by molar-refractivity contribution is 5.55. The van der Waals surface area contributed by atoms with Crippen LogP contribution in [0.4, 0.5) is 0 Å². The van der Waals surface area contributed by atoms with E-state index in [2.05, 4.69) is 31.0 Å². The zero-order valence-corrected chi connectivity index (χ0v) is 9.81. The second-order valence-electron chi connectivity index (χ2n) is 4.14. The molecule has 0 saturated heterocycles. The Hall–Kier alpha value is -1.57. The zero-order chi connectivity index (χ0) is 11.4. The molecule has 2 rings (SSSR count). The highest BCUT2D eigenvalue weighted by atomic mass is 16.3. The maximum atomic E-state index is 5.33. The lowest BCUT2D eigenvalue weighted by molar-refractivity contribution is 0.581. The highest BCUT2D eigenvalue weighted by Gasteiger charge is 2.06. The van der Waals surface area contributed by atoms with Crippen LogP contribution in [0.2, 0.25) is 0 Å². The molecule has 0 aromatic carbocycles. The van der Waals surface area contributed by atoms with E-state index in [-0.39, 0.29) is 0 Å². The summed E-state index contributed by atoms with van der Waals surface area (Å²) < 4.78 is 5.33. The fourth-order valence-corrected chi connectivity index (χ4v) is 1.87. The normalized spacial score (nSPS) is 12.6. The molecule has 2 aromatic heterocycles. The Labute approximate surface area is 96.3 Å². The quantitative estimate of drug-likeness (QED) is 0.762. The van der Waals surface area contributed by atoms with Gasteiger partial charge in [0, 0.05) is 17.5 Å². The molecule has 0 fully saturated rings. The number of hydrogen-bond acceptors (Lipinski definition) is 2. The average Bonchev–Trinajstić information content (AvgIpc) is 2.83. The van der Waals surface area contributed by atoms with E-state index in [4.69, 9.17) is 4.42 Å². The van der Waals surface area contributed by atoms with Crippen LogP contribution in [0.25, 0.3) is 11.3 Å². The first-order valence-corrected chi connectivity index (χ1v) is 5.81. The first kappa shape index (κ1) is 10.9. The summed E-state index contributed by atoms with van der Waals surface area (Å²) in [6, 6.07) is 8.01. The van der Waals surface area contributed by atoms with Gasteiger partial charge in [0.2, 0.25) is 0 Å². The summed E-state index contributed by atoms with van der Waals surface area (Å²) in [6.45, 7) is 4.42. The molecule has 84 valence electrons. The highest BCUT2D eigenvalue weighted by Crippen LogP contribution is 2.22. The molecule has 1 atom stereocenters. The topological polar surface area (TPSA) is 26.0 Å². The number of hydrogen-bond donors (Lipinski definition) is 0. The van der Waals surface area contributed by atoms with Crippen LogP contribution in [0, 0.1) is 0 Å². The number of pyridine rings is 1. The molecule has 0 aliphatic carbocycles. The van der Waals surface area contributed by atoms with Crippen LogP contribution < -0.4 is 0 Å². The van der Waals surface area contributed by atoms with Gasteiger partial charge in [-0.2, -0.15) is 0 Å². The van der Waals surface area contributed by atoms with E-state index in [0.717, 1.165) is 17.0 Å². The van der Waals surface area contributed by atoms with Crippen LogP contribution in [0.3, 0.4) is 0 Å². The summed E-state index contributed by atoms with van der Waals surface area (Å²) >= 11 is 0. The number of rotatable bonds is 4. The minimum absolute atomic E-state index is 0.538. The predicted octanol–water partition coefficient (Wildman–Crippen LogP) is 4.25. The lowest BCUT2D eigenvalue weighted by Crippen LogP contribution is -1.96. The van der Waals surface area contributed by atoms with Crippen molar-refractivity contribution in [1.29, 1.82) is 0 Å². The van der Waals surface area contributed by atoms with E-state index >= 15 is 0 Å². The van der Waals surface area contributed by atoms with E-state index in [1.54, 1.807) is 6.26 Å². The Kier molecular flexibility index (Phi) is 3.40. The van der Waals surface area contributed by atoms with Crippen LogP contribution in [0.5, 0.6) is 0 Å². The van der Waals surface area contributed by atoms with Crippen LogP contribution in [0.15, 0.2) is 41.1 Å². The van der Waals surface area contributed by atoms with Crippen molar-refractivity contribution in [3.63, 3.8) is 0 Å². The maximum Gasteiger partial charge on any atom is 0.135 e. The van der Waals surface area contributed by atoms with Gasteiger partial charge in [0.1, 0.15) is 5.76 Å². The maximum absolute atomic E-state index is 5.33. The summed E-state index contributed by atoms with van der Waals surface area (Å²) in [4.78, 5) is 4.49. The molecule has 0 radical (unpaired) electrons. The Morgan fingerprint density at radius 3 is 2.75 bits per heavy atom. The second kappa shape index (κ2) is 4.97. The lowest BCUT2D eigenvalue weighted by atomic mass is 10.0. The van der Waals surface area contributed by atoms with E-state index < -0.39 is 0 Å². The smallest absolute Gasteiger partial charge is 0.135 e. The van der Waals surface area contributed by atoms with Crippen molar-refractivity contribution in [2.75, 3.05) is 0 Å². The van der Waals surface area contributed by atoms with Crippen molar-refractivity contribution in [1.82, 2.24) is 4.98 Å². The van der Waals surface area contributed by atoms with Crippen molar-refractivity contribution in [3.05, 3.63) is 42.4 Å². The molecule has 0 aliphatic rings. The molecule has 0 amide bonds. The van der Waals surface area contributed by atoms with Gasteiger partial charge in [-0.3, -0.25) is 4.98 Å². The van der Waals surface area contributed by atoms with E-state index in [1.807, 2.05) is 18.3 Å². The van der Waals surface area contributed by atoms with Crippen molar-refractivity contribution in [2.45, 2.75) is 32.6 Å². The molecule has 0 aliphatic heterocycles. The third-order valence-electron chi connectivity index (χ3n) is 2.82. The van der Waals surface area contributed by atoms with Crippen LogP contribution >= 0.6 is 0 Å². The van der Waals surface area contributed by atoms with Crippen LogP contribution in [-0.4, -0.2) is 4.98 Å². The molecular weight excluding hydrogens is 198 g/mol. The van der Waals surface area contributed by atoms with Crippen molar-refractivity contribution < 1.29 is 4.42 Å². The lowest BCUT2D eigenvalue weighted by Gasteiger charge is -2.09. The third-order valence-corrected chi connectivity index (χ3v) is 2.82. The summed E-state index contributed by atoms with van der Waals surface area (Å²) in [5.74, 6) is 1.41. The van der Waals surface area contributed by atoms with Gasteiger partial charge < -0.3 is 4.42 Å². The monoisotopic (exact) mass is 215 g/mol. The number of nitrogens with zero attached hydrogens (tertiary/aromatic N) is 1. The predicted molar refractivity (Wildman–Crippen MR) is 65.3 cm³/mol. The van der Waals surface area contributed by atoms with Crippen molar-refractivity contribution in [3.8, 4) is 11.3 Å². The molecule has 16 heavy (non-hydrogen) atoms.